The van der Waals surface area contributed by atoms with Crippen LogP contribution in [0.4, 0.5) is 11.4 Å². The van der Waals surface area contributed by atoms with Gasteiger partial charge in [-0.05, 0) is 29.1 Å². The van der Waals surface area contributed by atoms with Crippen LogP contribution in [0.5, 0.6) is 0 Å². The molecule has 0 aliphatic heterocycles. The van der Waals surface area contributed by atoms with Gasteiger partial charge in [0, 0.05) is 11.8 Å². The molecule has 0 fully saturated rings. The van der Waals surface area contributed by atoms with Gasteiger partial charge in [0.25, 0.3) is 5.69 Å². The van der Waals surface area contributed by atoms with Crippen LogP contribution >= 0.6 is 34.7 Å². The summed E-state index contributed by atoms with van der Waals surface area (Å²) in [7, 11) is 0. The molecule has 11 heteroatoms. The topological polar surface area (TPSA) is 114 Å². The Labute approximate surface area is 189 Å². The summed E-state index contributed by atoms with van der Waals surface area (Å²) in [5, 5.41) is 22.7. The van der Waals surface area contributed by atoms with Gasteiger partial charge >= 0.3 is 0 Å². The highest BCUT2D eigenvalue weighted by atomic mass is 35.5. The van der Waals surface area contributed by atoms with Crippen LogP contribution in [0, 0.1) is 10.1 Å². The SMILES string of the molecule is O=C(Nc1ccc(Cl)c([N+](=O)[O-])c1)C(Sc1n[nH]c(-c2cccs2)n1)c1ccccc1. The van der Waals surface area contributed by atoms with Gasteiger partial charge in [-0.2, -0.15) is 0 Å². The summed E-state index contributed by atoms with van der Waals surface area (Å²) in [4.78, 5) is 29.1. The predicted octanol–water partition coefficient (Wildman–Crippen LogP) is 5.57. The van der Waals surface area contributed by atoms with Crippen molar-refractivity contribution in [2.75, 3.05) is 5.32 Å². The number of anilines is 1. The third-order valence-corrected chi connectivity index (χ3v) is 6.51. The molecule has 4 rings (SSSR count). The third-order valence-electron chi connectivity index (χ3n) is 4.19. The molecule has 2 aromatic heterocycles. The van der Waals surface area contributed by atoms with Crippen LogP contribution < -0.4 is 5.32 Å². The number of nitro benzene ring substituents is 1. The quantitative estimate of drug-likeness (QED) is 0.207. The smallest absolute Gasteiger partial charge is 0.289 e. The van der Waals surface area contributed by atoms with Crippen LogP contribution in [0.1, 0.15) is 10.8 Å². The lowest BCUT2D eigenvalue weighted by atomic mass is 10.1. The van der Waals surface area contributed by atoms with E-state index in [4.69, 9.17) is 11.6 Å². The maximum absolute atomic E-state index is 13.1. The number of nitrogens with zero attached hydrogens (tertiary/aromatic N) is 3. The number of thiophene rings is 1. The number of nitro groups is 1. The second-order valence-electron chi connectivity index (χ2n) is 6.27. The molecule has 156 valence electrons. The Hall–Kier alpha value is -3.21. The number of rotatable bonds is 7. The van der Waals surface area contributed by atoms with Crippen molar-refractivity contribution in [3.8, 4) is 10.7 Å². The van der Waals surface area contributed by atoms with E-state index in [1.165, 1.54) is 41.3 Å². The lowest BCUT2D eigenvalue weighted by Crippen LogP contribution is -2.19. The summed E-state index contributed by atoms with van der Waals surface area (Å²) in [6.45, 7) is 0. The molecule has 0 aliphatic carbocycles. The van der Waals surface area contributed by atoms with E-state index in [2.05, 4.69) is 20.5 Å². The molecule has 0 bridgehead atoms. The van der Waals surface area contributed by atoms with Gasteiger partial charge in [-0.3, -0.25) is 20.0 Å². The van der Waals surface area contributed by atoms with Crippen molar-refractivity contribution in [1.29, 1.82) is 0 Å². The van der Waals surface area contributed by atoms with Crippen LogP contribution in [0.15, 0.2) is 71.2 Å². The Kier molecular flexibility index (Phi) is 6.31. The lowest BCUT2D eigenvalue weighted by Gasteiger charge is -2.15. The van der Waals surface area contributed by atoms with Gasteiger partial charge in [0.1, 0.15) is 10.3 Å². The zero-order valence-corrected chi connectivity index (χ0v) is 18.1. The van der Waals surface area contributed by atoms with Crippen LogP contribution in [0.25, 0.3) is 10.7 Å². The van der Waals surface area contributed by atoms with E-state index in [0.29, 0.717) is 11.0 Å². The van der Waals surface area contributed by atoms with E-state index in [-0.39, 0.29) is 22.3 Å². The first-order chi connectivity index (χ1) is 15.0. The number of hydrogen-bond donors (Lipinski definition) is 2. The molecule has 1 unspecified atom stereocenters. The molecular formula is C20H14ClN5O3S2. The second kappa shape index (κ2) is 9.29. The number of hydrogen-bond acceptors (Lipinski definition) is 7. The normalized spacial score (nSPS) is 11.8. The number of H-pyrrole nitrogens is 1. The molecule has 2 heterocycles. The molecule has 31 heavy (non-hydrogen) atoms. The molecule has 0 radical (unpaired) electrons. The highest BCUT2D eigenvalue weighted by Gasteiger charge is 2.25. The fourth-order valence-corrected chi connectivity index (χ4v) is 4.53. The number of amides is 1. The Balaban J connectivity index is 1.59. The maximum atomic E-state index is 13.1. The Morgan fingerprint density at radius 3 is 2.71 bits per heavy atom. The zero-order valence-electron chi connectivity index (χ0n) is 15.7. The fraction of sp³-hybridized carbons (Fsp3) is 0.0500. The predicted molar refractivity (Wildman–Crippen MR) is 121 cm³/mol. The molecule has 2 aromatic carbocycles. The average Bonchev–Trinajstić information content (AvgIpc) is 3.45. The van der Waals surface area contributed by atoms with Gasteiger partial charge < -0.3 is 5.32 Å². The molecule has 0 aliphatic rings. The van der Waals surface area contributed by atoms with Crippen molar-refractivity contribution in [2.45, 2.75) is 10.4 Å². The van der Waals surface area contributed by atoms with E-state index in [1.807, 2.05) is 47.8 Å². The molecule has 0 spiro atoms. The highest BCUT2D eigenvalue weighted by Crippen LogP contribution is 2.36. The fourth-order valence-electron chi connectivity index (χ4n) is 2.77. The van der Waals surface area contributed by atoms with Crippen LogP contribution in [0.3, 0.4) is 0 Å². The minimum absolute atomic E-state index is 0.00110. The van der Waals surface area contributed by atoms with Gasteiger partial charge in [0.05, 0.1) is 9.80 Å². The number of nitrogens with one attached hydrogen (secondary N) is 2. The van der Waals surface area contributed by atoms with Gasteiger partial charge in [-0.25, -0.2) is 4.98 Å². The Morgan fingerprint density at radius 2 is 2.00 bits per heavy atom. The number of halogens is 1. The molecular weight excluding hydrogens is 458 g/mol. The van der Waals surface area contributed by atoms with Crippen molar-refractivity contribution in [3.05, 3.63) is 86.7 Å². The van der Waals surface area contributed by atoms with Crippen molar-refractivity contribution in [1.82, 2.24) is 15.2 Å². The Bertz CT molecular complexity index is 1210. The van der Waals surface area contributed by atoms with Gasteiger partial charge in [0.15, 0.2) is 5.82 Å². The molecule has 0 saturated carbocycles. The summed E-state index contributed by atoms with van der Waals surface area (Å²) in [6.07, 6.45) is 0. The van der Waals surface area contributed by atoms with E-state index >= 15 is 0 Å². The molecule has 2 N–H and O–H groups in total. The molecule has 1 amide bonds. The molecule has 8 nitrogen and oxygen atoms in total. The maximum Gasteiger partial charge on any atom is 0.289 e. The number of benzene rings is 2. The molecule has 0 saturated heterocycles. The summed E-state index contributed by atoms with van der Waals surface area (Å²) >= 11 is 8.57. The first-order valence-corrected chi connectivity index (χ1v) is 11.1. The van der Waals surface area contributed by atoms with Crippen LogP contribution in [-0.2, 0) is 4.79 Å². The lowest BCUT2D eigenvalue weighted by molar-refractivity contribution is -0.384. The minimum atomic E-state index is -0.678. The highest BCUT2D eigenvalue weighted by molar-refractivity contribution is 8.00. The average molecular weight is 472 g/mol. The van der Waals surface area contributed by atoms with Crippen molar-refractivity contribution in [2.24, 2.45) is 0 Å². The number of carbonyl (C=O) groups excluding carboxylic acids is 1. The van der Waals surface area contributed by atoms with Crippen molar-refractivity contribution >= 4 is 52.0 Å². The van der Waals surface area contributed by atoms with Gasteiger partial charge in [-0.1, -0.05) is 59.8 Å². The minimum Gasteiger partial charge on any atom is -0.325 e. The standard InChI is InChI=1S/C20H14ClN5O3S2/c21-14-9-8-13(11-15(14)26(28)29)22-19(27)17(12-5-2-1-3-6-12)31-20-23-18(24-25-20)16-7-4-10-30-16/h1-11,17H,(H,22,27)(H,23,24,25). The largest absolute Gasteiger partial charge is 0.325 e. The third kappa shape index (κ3) is 4.93. The van der Waals surface area contributed by atoms with Crippen LogP contribution in [-0.4, -0.2) is 26.0 Å². The van der Waals surface area contributed by atoms with E-state index in [1.54, 1.807) is 0 Å². The van der Waals surface area contributed by atoms with Gasteiger partial charge in [-0.15, -0.1) is 16.4 Å². The van der Waals surface area contributed by atoms with Crippen molar-refractivity contribution < 1.29 is 9.72 Å². The second-order valence-corrected chi connectivity index (χ2v) is 8.69. The van der Waals surface area contributed by atoms with Crippen molar-refractivity contribution in [3.63, 3.8) is 0 Å². The summed E-state index contributed by atoms with van der Waals surface area (Å²) in [5.41, 5.74) is 0.741. The van der Waals surface area contributed by atoms with E-state index < -0.39 is 10.2 Å². The van der Waals surface area contributed by atoms with Crippen LogP contribution in [0.2, 0.25) is 5.02 Å². The first kappa shape index (κ1) is 21.0. The van der Waals surface area contributed by atoms with E-state index in [9.17, 15) is 14.9 Å². The monoisotopic (exact) mass is 471 g/mol. The summed E-state index contributed by atoms with van der Waals surface area (Å²) < 4.78 is 0. The molecule has 1 atom stereocenters. The molecule has 4 aromatic rings. The number of aromatic nitrogens is 3. The number of thioether (sulfide) groups is 1. The summed E-state index contributed by atoms with van der Waals surface area (Å²) in [5.74, 6) is 0.258. The Morgan fingerprint density at radius 1 is 1.19 bits per heavy atom. The number of carbonyl (C=O) groups is 1. The number of aromatic amines is 1. The first-order valence-electron chi connectivity index (χ1n) is 8.94. The van der Waals surface area contributed by atoms with Gasteiger partial charge in [0.2, 0.25) is 11.1 Å². The zero-order chi connectivity index (χ0) is 21.8. The van der Waals surface area contributed by atoms with E-state index in [0.717, 1.165) is 10.4 Å². The summed E-state index contributed by atoms with van der Waals surface area (Å²) in [6, 6.07) is 17.1.